The Balaban J connectivity index is 2.36. The highest BCUT2D eigenvalue weighted by Crippen LogP contribution is 2.43. The first-order valence-electron chi connectivity index (χ1n) is 6.38. The summed E-state index contributed by atoms with van der Waals surface area (Å²) < 4.78 is 0. The van der Waals surface area contributed by atoms with E-state index in [-0.39, 0.29) is 5.78 Å². The molecule has 0 radical (unpaired) electrons. The quantitative estimate of drug-likeness (QED) is 0.888. The third kappa shape index (κ3) is 2.17. The number of hydrogen-bond acceptors (Lipinski definition) is 2. The maximum Gasteiger partial charge on any atom is 0.306 e. The summed E-state index contributed by atoms with van der Waals surface area (Å²) in [7, 11) is 0. The number of carbonyl (C=O) groups is 2. The molecule has 0 aromatic heterocycles. The second-order valence-electron chi connectivity index (χ2n) is 5.17. The Morgan fingerprint density at radius 2 is 2.06 bits per heavy atom. The van der Waals surface area contributed by atoms with Gasteiger partial charge in [-0.2, -0.15) is 0 Å². The minimum absolute atomic E-state index is 0.196. The molecular weight excluding hydrogens is 228 g/mol. The van der Waals surface area contributed by atoms with Gasteiger partial charge >= 0.3 is 5.97 Å². The lowest BCUT2D eigenvalue weighted by molar-refractivity contribution is -0.142. The van der Waals surface area contributed by atoms with Gasteiger partial charge in [0.15, 0.2) is 0 Å². The van der Waals surface area contributed by atoms with Crippen molar-refractivity contribution in [3.63, 3.8) is 0 Å². The van der Waals surface area contributed by atoms with E-state index in [0.29, 0.717) is 12.8 Å². The average Bonchev–Trinajstić information content (AvgIpc) is 2.73. The van der Waals surface area contributed by atoms with Crippen LogP contribution in [0.5, 0.6) is 0 Å². The fraction of sp³-hybridized carbons (Fsp3) is 0.467. The molecule has 18 heavy (non-hydrogen) atoms. The zero-order valence-electron chi connectivity index (χ0n) is 10.6. The molecule has 0 saturated heterocycles. The van der Waals surface area contributed by atoms with E-state index in [2.05, 4.69) is 0 Å². The number of aliphatic carboxylic acids is 1. The summed E-state index contributed by atoms with van der Waals surface area (Å²) in [6, 6.07) is 9.62. The minimum Gasteiger partial charge on any atom is -0.481 e. The predicted octanol–water partition coefficient (Wildman–Crippen LogP) is 2.79. The third-order valence-electron chi connectivity index (χ3n) is 3.94. The first kappa shape index (κ1) is 12.8. The highest BCUT2D eigenvalue weighted by Gasteiger charge is 2.44. The summed E-state index contributed by atoms with van der Waals surface area (Å²) in [5.74, 6) is -1.13. The van der Waals surface area contributed by atoms with Crippen LogP contribution in [0.2, 0.25) is 0 Å². The van der Waals surface area contributed by atoms with Crippen LogP contribution < -0.4 is 0 Å². The van der Waals surface area contributed by atoms with Gasteiger partial charge in [0.25, 0.3) is 0 Å². The standard InChI is InChI=1S/C15H18O3/c1-11(14(17)18)10-15(9-5-8-13(15)16)12-6-3-2-4-7-12/h2-4,6-7,11H,5,8-10H2,1H3,(H,17,18)/t11-,15-/m0/s1. The number of Topliss-reactive ketones (excluding diaryl/α,β-unsaturated/α-hetero) is 1. The third-order valence-corrected chi connectivity index (χ3v) is 3.94. The minimum atomic E-state index is -0.829. The van der Waals surface area contributed by atoms with Crippen molar-refractivity contribution in [3.05, 3.63) is 35.9 Å². The van der Waals surface area contributed by atoms with Gasteiger partial charge in [0, 0.05) is 6.42 Å². The molecule has 2 atom stereocenters. The lowest BCUT2D eigenvalue weighted by Crippen LogP contribution is -2.34. The molecule has 0 unspecified atom stereocenters. The van der Waals surface area contributed by atoms with Crippen LogP contribution >= 0.6 is 0 Å². The van der Waals surface area contributed by atoms with E-state index in [4.69, 9.17) is 5.11 Å². The fourth-order valence-corrected chi connectivity index (χ4v) is 2.94. The van der Waals surface area contributed by atoms with Crippen LogP contribution in [0.3, 0.4) is 0 Å². The second kappa shape index (κ2) is 4.92. The van der Waals surface area contributed by atoms with Crippen LogP contribution in [0.4, 0.5) is 0 Å². The monoisotopic (exact) mass is 246 g/mol. The number of carbonyl (C=O) groups excluding carboxylic acids is 1. The highest BCUT2D eigenvalue weighted by molar-refractivity contribution is 5.92. The molecule has 96 valence electrons. The number of benzene rings is 1. The molecule has 3 nitrogen and oxygen atoms in total. The molecular formula is C15H18O3. The van der Waals surface area contributed by atoms with Crippen LogP contribution in [0, 0.1) is 5.92 Å². The van der Waals surface area contributed by atoms with Gasteiger partial charge in [-0.25, -0.2) is 0 Å². The summed E-state index contributed by atoms with van der Waals surface area (Å²) in [5.41, 5.74) is 0.402. The molecule has 0 amide bonds. The SMILES string of the molecule is C[C@@H](C[C@]1(c2ccccc2)CCCC1=O)C(=O)O. The van der Waals surface area contributed by atoms with Gasteiger partial charge < -0.3 is 5.11 Å². The molecule has 1 N–H and O–H groups in total. The predicted molar refractivity (Wildman–Crippen MR) is 68.4 cm³/mol. The van der Waals surface area contributed by atoms with Crippen LogP contribution in [-0.4, -0.2) is 16.9 Å². The Morgan fingerprint density at radius 1 is 1.39 bits per heavy atom. The van der Waals surface area contributed by atoms with Crippen molar-refractivity contribution in [3.8, 4) is 0 Å². The van der Waals surface area contributed by atoms with Gasteiger partial charge in [0.1, 0.15) is 5.78 Å². The maximum atomic E-state index is 12.3. The zero-order valence-corrected chi connectivity index (χ0v) is 10.6. The van der Waals surface area contributed by atoms with Gasteiger partial charge in [-0.05, 0) is 24.8 Å². The van der Waals surface area contributed by atoms with Crippen molar-refractivity contribution in [2.75, 3.05) is 0 Å². The van der Waals surface area contributed by atoms with Gasteiger partial charge in [-0.1, -0.05) is 37.3 Å². The Labute approximate surface area is 107 Å². The summed E-state index contributed by atoms with van der Waals surface area (Å²) >= 11 is 0. The number of carboxylic acid groups (broad SMARTS) is 1. The first-order valence-corrected chi connectivity index (χ1v) is 6.38. The van der Waals surface area contributed by atoms with Crippen molar-refractivity contribution < 1.29 is 14.7 Å². The van der Waals surface area contributed by atoms with E-state index >= 15 is 0 Å². The van der Waals surface area contributed by atoms with Crippen molar-refractivity contribution in [2.24, 2.45) is 5.92 Å². The molecule has 0 bridgehead atoms. The number of rotatable bonds is 4. The van der Waals surface area contributed by atoms with Crippen molar-refractivity contribution >= 4 is 11.8 Å². The summed E-state index contributed by atoms with van der Waals surface area (Å²) in [5, 5.41) is 9.08. The fourth-order valence-electron chi connectivity index (χ4n) is 2.94. The molecule has 1 fully saturated rings. The largest absolute Gasteiger partial charge is 0.481 e. The van der Waals surface area contributed by atoms with Crippen LogP contribution in [0.15, 0.2) is 30.3 Å². The average molecular weight is 246 g/mol. The molecule has 0 aliphatic heterocycles. The summed E-state index contributed by atoms with van der Waals surface area (Å²) in [6.45, 7) is 1.68. The van der Waals surface area contributed by atoms with Crippen LogP contribution in [0.25, 0.3) is 0 Å². The highest BCUT2D eigenvalue weighted by atomic mass is 16.4. The summed E-state index contributed by atoms with van der Waals surface area (Å²) in [6.07, 6.45) is 2.61. The van der Waals surface area contributed by atoms with Crippen LogP contribution in [-0.2, 0) is 15.0 Å². The van der Waals surface area contributed by atoms with Gasteiger partial charge in [0.2, 0.25) is 0 Å². The van der Waals surface area contributed by atoms with E-state index in [1.54, 1.807) is 6.92 Å². The molecule has 0 spiro atoms. The summed E-state index contributed by atoms with van der Waals surface area (Å²) in [4.78, 5) is 23.3. The van der Waals surface area contributed by atoms with E-state index in [1.165, 1.54) is 0 Å². The normalized spacial score (nSPS) is 25.1. The van der Waals surface area contributed by atoms with Crippen LogP contribution in [0.1, 0.15) is 38.2 Å². The molecule has 1 aromatic carbocycles. The molecule has 1 saturated carbocycles. The molecule has 1 aromatic rings. The smallest absolute Gasteiger partial charge is 0.306 e. The molecule has 1 aliphatic carbocycles. The van der Waals surface area contributed by atoms with Crippen molar-refractivity contribution in [1.82, 2.24) is 0 Å². The second-order valence-corrected chi connectivity index (χ2v) is 5.17. The molecule has 1 aliphatic rings. The van der Waals surface area contributed by atoms with Gasteiger partial charge in [0.05, 0.1) is 11.3 Å². The van der Waals surface area contributed by atoms with E-state index in [1.807, 2.05) is 30.3 Å². The number of carboxylic acids is 1. The van der Waals surface area contributed by atoms with Gasteiger partial charge in [-0.15, -0.1) is 0 Å². The topological polar surface area (TPSA) is 54.4 Å². The zero-order chi connectivity index (χ0) is 13.2. The molecule has 0 heterocycles. The van der Waals surface area contributed by atoms with Gasteiger partial charge in [-0.3, -0.25) is 9.59 Å². The molecule has 2 rings (SSSR count). The lowest BCUT2D eigenvalue weighted by Gasteiger charge is -2.29. The lowest BCUT2D eigenvalue weighted by atomic mass is 9.72. The Bertz CT molecular complexity index is 452. The Morgan fingerprint density at radius 3 is 2.56 bits per heavy atom. The number of ketones is 1. The van der Waals surface area contributed by atoms with E-state index in [0.717, 1.165) is 18.4 Å². The van der Waals surface area contributed by atoms with E-state index < -0.39 is 17.3 Å². The molecule has 3 heteroatoms. The number of hydrogen-bond donors (Lipinski definition) is 1. The first-order chi connectivity index (χ1) is 8.56. The van der Waals surface area contributed by atoms with Crippen molar-refractivity contribution in [2.45, 2.75) is 38.0 Å². The van der Waals surface area contributed by atoms with E-state index in [9.17, 15) is 9.59 Å². The van der Waals surface area contributed by atoms with Crippen molar-refractivity contribution in [1.29, 1.82) is 0 Å². The Hall–Kier alpha value is -1.64. The Kier molecular flexibility index (Phi) is 3.50. The maximum absolute atomic E-state index is 12.3.